The molecule has 1 fully saturated rings. The number of fused-ring (bicyclic) bond motifs is 1. The van der Waals surface area contributed by atoms with Crippen LogP contribution in [0.5, 0.6) is 0 Å². The minimum absolute atomic E-state index is 0.0488. The SMILES string of the molecule is O=C(Cc1ccccc1)NC1C(=O)N2C(C(=O)O)=C(CCl)CSC12. The molecule has 1 saturated heterocycles. The Morgan fingerprint density at radius 1 is 1.33 bits per heavy atom. The van der Waals surface area contributed by atoms with Gasteiger partial charge in [-0.05, 0) is 11.1 Å². The molecule has 6 nitrogen and oxygen atoms in total. The third-order valence-electron chi connectivity index (χ3n) is 3.94. The maximum absolute atomic E-state index is 12.3. The van der Waals surface area contributed by atoms with Crippen LogP contribution in [0.2, 0.25) is 0 Å². The molecule has 2 N–H and O–H groups in total. The summed E-state index contributed by atoms with van der Waals surface area (Å²) in [4.78, 5) is 37.1. The van der Waals surface area contributed by atoms with Crippen LogP contribution in [0, 0.1) is 0 Å². The molecule has 1 aromatic carbocycles. The summed E-state index contributed by atoms with van der Waals surface area (Å²) < 4.78 is 0. The number of rotatable bonds is 5. The second-order valence-electron chi connectivity index (χ2n) is 5.51. The number of β-lactam (4-membered cyclic amide) rings is 1. The van der Waals surface area contributed by atoms with Crippen molar-refractivity contribution >= 4 is 41.1 Å². The van der Waals surface area contributed by atoms with Crippen LogP contribution in [0.3, 0.4) is 0 Å². The van der Waals surface area contributed by atoms with Gasteiger partial charge in [0.2, 0.25) is 5.91 Å². The molecule has 1 aromatic rings. The summed E-state index contributed by atoms with van der Waals surface area (Å²) in [6.45, 7) is 0. The largest absolute Gasteiger partial charge is 0.477 e. The van der Waals surface area contributed by atoms with Gasteiger partial charge in [-0.3, -0.25) is 14.5 Å². The van der Waals surface area contributed by atoms with E-state index in [1.807, 2.05) is 30.3 Å². The quantitative estimate of drug-likeness (QED) is 0.604. The van der Waals surface area contributed by atoms with Gasteiger partial charge in [0, 0.05) is 11.6 Å². The standard InChI is InChI=1S/C16H15ClN2O4S/c17-7-10-8-24-15-12(14(21)19(15)13(10)16(22)23)18-11(20)6-9-4-2-1-3-5-9/h1-5,12,15H,6-8H2,(H,18,20)(H,22,23). The van der Waals surface area contributed by atoms with Crippen molar-refractivity contribution in [3.63, 3.8) is 0 Å². The lowest BCUT2D eigenvalue weighted by Gasteiger charge is -2.49. The van der Waals surface area contributed by atoms with E-state index >= 15 is 0 Å². The Labute approximate surface area is 147 Å². The average Bonchev–Trinajstić information content (AvgIpc) is 2.58. The second-order valence-corrected chi connectivity index (χ2v) is 6.88. The van der Waals surface area contributed by atoms with Crippen molar-refractivity contribution in [2.75, 3.05) is 11.6 Å². The van der Waals surface area contributed by atoms with Crippen molar-refractivity contribution in [3.8, 4) is 0 Å². The lowest BCUT2D eigenvalue weighted by Crippen LogP contribution is -2.70. The number of carbonyl (C=O) groups is 3. The van der Waals surface area contributed by atoms with Gasteiger partial charge in [-0.15, -0.1) is 23.4 Å². The van der Waals surface area contributed by atoms with E-state index in [2.05, 4.69) is 5.32 Å². The first-order valence-corrected chi connectivity index (χ1v) is 8.90. The topological polar surface area (TPSA) is 86.7 Å². The smallest absolute Gasteiger partial charge is 0.352 e. The number of halogens is 1. The lowest BCUT2D eigenvalue weighted by molar-refractivity contribution is -0.150. The number of benzene rings is 1. The average molecular weight is 367 g/mol. The van der Waals surface area contributed by atoms with Gasteiger partial charge in [-0.1, -0.05) is 30.3 Å². The van der Waals surface area contributed by atoms with Crippen molar-refractivity contribution in [1.29, 1.82) is 0 Å². The summed E-state index contributed by atoms with van der Waals surface area (Å²) in [6, 6.07) is 8.52. The van der Waals surface area contributed by atoms with Crippen LogP contribution >= 0.6 is 23.4 Å². The third kappa shape index (κ3) is 3.01. The number of carboxylic acids is 1. The number of alkyl halides is 1. The number of nitrogens with zero attached hydrogens (tertiary/aromatic N) is 1. The van der Waals surface area contributed by atoms with Gasteiger partial charge in [0.25, 0.3) is 5.91 Å². The second kappa shape index (κ2) is 6.86. The molecule has 2 unspecified atom stereocenters. The monoisotopic (exact) mass is 366 g/mol. The fourth-order valence-electron chi connectivity index (χ4n) is 2.79. The Balaban J connectivity index is 1.69. The van der Waals surface area contributed by atoms with Crippen molar-refractivity contribution in [2.45, 2.75) is 17.8 Å². The first-order valence-electron chi connectivity index (χ1n) is 7.32. The molecule has 0 bridgehead atoms. The van der Waals surface area contributed by atoms with E-state index in [1.54, 1.807) is 0 Å². The van der Waals surface area contributed by atoms with Gasteiger partial charge in [0.1, 0.15) is 17.1 Å². The number of carboxylic acid groups (broad SMARTS) is 1. The zero-order valence-electron chi connectivity index (χ0n) is 12.6. The Morgan fingerprint density at radius 3 is 2.67 bits per heavy atom. The van der Waals surface area contributed by atoms with Gasteiger partial charge in [0.15, 0.2) is 0 Å². The number of nitrogens with one attached hydrogen (secondary N) is 1. The number of thioether (sulfide) groups is 1. The van der Waals surface area contributed by atoms with Gasteiger partial charge in [-0.25, -0.2) is 4.79 Å². The van der Waals surface area contributed by atoms with Gasteiger partial charge >= 0.3 is 5.97 Å². The van der Waals surface area contributed by atoms with Crippen molar-refractivity contribution in [1.82, 2.24) is 10.2 Å². The minimum atomic E-state index is -1.17. The number of hydrogen-bond donors (Lipinski definition) is 2. The van der Waals surface area contributed by atoms with Crippen molar-refractivity contribution in [3.05, 3.63) is 47.2 Å². The van der Waals surface area contributed by atoms with Crippen LogP contribution in [0.15, 0.2) is 41.6 Å². The molecular formula is C16H15ClN2O4S. The van der Waals surface area contributed by atoms with Crippen LogP contribution in [0.4, 0.5) is 0 Å². The zero-order chi connectivity index (χ0) is 17.3. The van der Waals surface area contributed by atoms with Crippen LogP contribution in [-0.4, -0.2) is 50.8 Å². The van der Waals surface area contributed by atoms with Gasteiger partial charge < -0.3 is 10.4 Å². The molecule has 2 heterocycles. The molecule has 2 aliphatic rings. The maximum Gasteiger partial charge on any atom is 0.352 e. The van der Waals surface area contributed by atoms with E-state index in [0.29, 0.717) is 11.3 Å². The Morgan fingerprint density at radius 2 is 2.04 bits per heavy atom. The summed E-state index contributed by atoms with van der Waals surface area (Å²) in [6.07, 6.45) is 0.177. The highest BCUT2D eigenvalue weighted by Gasteiger charge is 2.53. The highest BCUT2D eigenvalue weighted by molar-refractivity contribution is 8.00. The third-order valence-corrected chi connectivity index (χ3v) is 5.60. The van der Waals surface area contributed by atoms with E-state index in [4.69, 9.17) is 11.6 Å². The van der Waals surface area contributed by atoms with E-state index in [0.717, 1.165) is 5.56 Å². The number of aliphatic carboxylic acids is 1. The maximum atomic E-state index is 12.3. The highest BCUT2D eigenvalue weighted by Crippen LogP contribution is 2.40. The highest BCUT2D eigenvalue weighted by atomic mass is 35.5. The fourth-order valence-corrected chi connectivity index (χ4v) is 4.47. The number of amides is 2. The Kier molecular flexibility index (Phi) is 4.82. The predicted octanol–water partition coefficient (Wildman–Crippen LogP) is 1.21. The molecule has 0 aromatic heterocycles. The molecule has 2 amide bonds. The molecule has 0 radical (unpaired) electrons. The molecule has 2 aliphatic heterocycles. The number of carbonyl (C=O) groups excluding carboxylic acids is 2. The summed E-state index contributed by atoms with van der Waals surface area (Å²) in [5, 5.41) is 11.6. The minimum Gasteiger partial charge on any atom is -0.477 e. The molecule has 2 atom stereocenters. The predicted molar refractivity (Wildman–Crippen MR) is 90.6 cm³/mol. The molecular weight excluding hydrogens is 352 g/mol. The van der Waals surface area contributed by atoms with Crippen LogP contribution in [0.25, 0.3) is 0 Å². The fraction of sp³-hybridized carbons (Fsp3) is 0.312. The first kappa shape index (κ1) is 16.9. The lowest BCUT2D eigenvalue weighted by atomic mass is 10.0. The van der Waals surface area contributed by atoms with E-state index in [1.165, 1.54) is 16.7 Å². The Hall–Kier alpha value is -1.99. The van der Waals surface area contributed by atoms with Gasteiger partial charge in [0.05, 0.1) is 6.42 Å². The molecule has 3 rings (SSSR count). The van der Waals surface area contributed by atoms with E-state index in [9.17, 15) is 19.5 Å². The summed E-state index contributed by atoms with van der Waals surface area (Å²) >= 11 is 7.18. The number of hydrogen-bond acceptors (Lipinski definition) is 4. The summed E-state index contributed by atoms with van der Waals surface area (Å²) in [5.74, 6) is -1.34. The van der Waals surface area contributed by atoms with E-state index < -0.39 is 23.3 Å². The van der Waals surface area contributed by atoms with Crippen LogP contribution < -0.4 is 5.32 Å². The molecule has 126 valence electrons. The van der Waals surface area contributed by atoms with Gasteiger partial charge in [-0.2, -0.15) is 0 Å². The molecule has 24 heavy (non-hydrogen) atoms. The molecule has 8 heteroatoms. The normalized spacial score (nSPS) is 22.7. The molecule has 0 aliphatic carbocycles. The summed E-state index contributed by atoms with van der Waals surface area (Å²) in [7, 11) is 0. The first-order chi connectivity index (χ1) is 11.5. The molecule has 0 saturated carbocycles. The van der Waals surface area contributed by atoms with Crippen molar-refractivity contribution < 1.29 is 19.5 Å². The summed E-state index contributed by atoms with van der Waals surface area (Å²) in [5.41, 5.74) is 1.32. The van der Waals surface area contributed by atoms with E-state index in [-0.39, 0.29) is 23.9 Å². The molecule has 0 spiro atoms. The van der Waals surface area contributed by atoms with Crippen molar-refractivity contribution in [2.24, 2.45) is 0 Å². The zero-order valence-corrected chi connectivity index (χ0v) is 14.1. The Bertz CT molecular complexity index is 722. The van der Waals surface area contributed by atoms with Crippen LogP contribution in [-0.2, 0) is 20.8 Å². The van der Waals surface area contributed by atoms with Crippen LogP contribution in [0.1, 0.15) is 5.56 Å².